The average Bonchev–Trinajstić information content (AvgIpc) is 2.57. The van der Waals surface area contributed by atoms with E-state index in [1.807, 2.05) is 46.6 Å². The van der Waals surface area contributed by atoms with Gasteiger partial charge in [-0.1, -0.05) is 0 Å². The maximum atomic E-state index is 12.1. The van der Waals surface area contributed by atoms with Gasteiger partial charge < -0.3 is 0 Å². The molecular weight excluding hydrogens is 411 g/mol. The van der Waals surface area contributed by atoms with Gasteiger partial charge in [0, 0.05) is 0 Å². The molecule has 0 aliphatic carbocycles. The first-order valence-electron chi connectivity index (χ1n) is 7.14. The van der Waals surface area contributed by atoms with E-state index in [-0.39, 0.29) is 11.2 Å². The standard InChI is InChI=1S/C15H21AsN2O4S2/c1-12(23-3)17-22-15(21)16(2)24-18(10-9-14(19)20)11-13-7-5-4-6-8-13/h4-8H,9-11H2,1-3H3,(H,19,20)/b17-12-. The minimum absolute atomic E-state index is 0.0286. The van der Waals surface area contributed by atoms with Gasteiger partial charge in [-0.2, -0.15) is 0 Å². The maximum absolute atomic E-state index is 12.1. The van der Waals surface area contributed by atoms with Gasteiger partial charge >= 0.3 is 155 Å². The van der Waals surface area contributed by atoms with Gasteiger partial charge in [-0.05, 0) is 0 Å². The monoisotopic (exact) mass is 432 g/mol. The number of nitrogens with zero attached hydrogens (tertiary/aromatic N) is 2. The molecule has 6 nitrogen and oxygen atoms in total. The van der Waals surface area contributed by atoms with Crippen LogP contribution in [0.1, 0.15) is 18.9 Å². The Morgan fingerprint density at radius 1 is 1.33 bits per heavy atom. The Morgan fingerprint density at radius 2 is 2.00 bits per heavy atom. The van der Waals surface area contributed by atoms with Crippen LogP contribution in [-0.2, 0) is 16.2 Å². The van der Waals surface area contributed by atoms with Crippen molar-refractivity contribution < 1.29 is 19.5 Å². The SMILES string of the molecule is CS/C(C)=N\OC(=O)[As](C)SN(CCC(=O)O)Cc1ccccc1. The van der Waals surface area contributed by atoms with Crippen LogP contribution in [0.4, 0.5) is 4.79 Å². The molecular formula is C15H21AsN2O4S2. The van der Waals surface area contributed by atoms with Gasteiger partial charge in [-0.3, -0.25) is 0 Å². The summed E-state index contributed by atoms with van der Waals surface area (Å²) in [5.74, 6) is -0.855. The van der Waals surface area contributed by atoms with Crippen LogP contribution in [0.25, 0.3) is 0 Å². The van der Waals surface area contributed by atoms with Crippen LogP contribution in [0.2, 0.25) is 5.71 Å². The summed E-state index contributed by atoms with van der Waals surface area (Å²) in [5.41, 5.74) is 2.94. The first-order valence-corrected chi connectivity index (χ1v) is 14.2. The summed E-state index contributed by atoms with van der Waals surface area (Å²) in [6.07, 6.45) is 1.89. The number of aliphatic carboxylic acids is 1. The number of benzene rings is 1. The van der Waals surface area contributed by atoms with Gasteiger partial charge in [-0.25, -0.2) is 0 Å². The Kier molecular flexibility index (Phi) is 10.2. The molecule has 0 bridgehead atoms. The molecule has 0 spiro atoms. The molecule has 1 aromatic rings. The summed E-state index contributed by atoms with van der Waals surface area (Å²) in [5, 5.41) is 13.4. The fourth-order valence-corrected chi connectivity index (χ4v) is 6.44. The Hall–Kier alpha value is -0.952. The number of carboxylic acids is 1. The predicted octanol–water partition coefficient (Wildman–Crippen LogP) is 3.65. The predicted molar refractivity (Wildman–Crippen MR) is 101 cm³/mol. The molecule has 0 aliphatic heterocycles. The zero-order valence-electron chi connectivity index (χ0n) is 13.8. The number of carbonyl (C=O) groups excluding carboxylic acids is 1. The van der Waals surface area contributed by atoms with E-state index in [4.69, 9.17) is 9.94 Å². The van der Waals surface area contributed by atoms with E-state index in [9.17, 15) is 9.59 Å². The van der Waals surface area contributed by atoms with Gasteiger partial charge in [0.25, 0.3) is 0 Å². The van der Waals surface area contributed by atoms with Crippen LogP contribution < -0.4 is 0 Å². The minimum atomic E-state index is -2.03. The molecule has 0 aromatic heterocycles. The molecule has 0 heterocycles. The number of oxime groups is 1. The Balaban J connectivity index is 2.65. The second kappa shape index (κ2) is 11.6. The van der Waals surface area contributed by atoms with Crippen molar-refractivity contribution in [3.05, 3.63) is 35.9 Å². The number of carboxylic acid groups (broad SMARTS) is 1. The molecule has 0 fully saturated rings. The fourth-order valence-electron chi connectivity index (χ4n) is 1.56. The van der Waals surface area contributed by atoms with E-state index < -0.39 is 19.5 Å². The van der Waals surface area contributed by atoms with E-state index in [1.54, 1.807) is 6.92 Å². The number of hydrogen-bond donors (Lipinski definition) is 1. The number of hydrogen-bond acceptors (Lipinski definition) is 7. The molecule has 0 amide bonds. The first kappa shape index (κ1) is 21.1. The van der Waals surface area contributed by atoms with Crippen molar-refractivity contribution in [1.29, 1.82) is 0 Å². The summed E-state index contributed by atoms with van der Waals surface area (Å²) >= 11 is -0.618. The third-order valence-electron chi connectivity index (χ3n) is 2.82. The van der Waals surface area contributed by atoms with E-state index in [2.05, 4.69) is 5.16 Å². The van der Waals surface area contributed by atoms with Crippen molar-refractivity contribution >= 4 is 51.2 Å². The Morgan fingerprint density at radius 3 is 2.58 bits per heavy atom. The van der Waals surface area contributed by atoms with E-state index in [0.29, 0.717) is 18.1 Å². The van der Waals surface area contributed by atoms with Crippen LogP contribution in [0.5, 0.6) is 0 Å². The van der Waals surface area contributed by atoms with Crippen LogP contribution in [-0.4, -0.2) is 51.5 Å². The fraction of sp³-hybridized carbons (Fsp3) is 0.400. The van der Waals surface area contributed by atoms with Crippen molar-refractivity contribution in [2.24, 2.45) is 5.16 Å². The summed E-state index contributed by atoms with van der Waals surface area (Å²) in [7, 11) is 1.41. The molecule has 1 aromatic carbocycles. The third-order valence-corrected chi connectivity index (χ3v) is 9.29. The third kappa shape index (κ3) is 8.78. The van der Waals surface area contributed by atoms with E-state index >= 15 is 0 Å². The zero-order chi connectivity index (χ0) is 17.9. The second-order valence-electron chi connectivity index (χ2n) is 4.74. The van der Waals surface area contributed by atoms with Gasteiger partial charge in [0.1, 0.15) is 0 Å². The molecule has 0 saturated carbocycles. The molecule has 9 heteroatoms. The van der Waals surface area contributed by atoms with Gasteiger partial charge in [0.2, 0.25) is 0 Å². The number of carbonyl (C=O) groups is 2. The topological polar surface area (TPSA) is 79.2 Å². The molecule has 1 N–H and O–H groups in total. The number of thioether (sulfide) groups is 1. The molecule has 0 radical (unpaired) electrons. The molecule has 0 saturated heterocycles. The summed E-state index contributed by atoms with van der Waals surface area (Å²) < 4.78 is 1.62. The zero-order valence-corrected chi connectivity index (χ0v) is 17.3. The van der Waals surface area contributed by atoms with Gasteiger partial charge in [-0.15, -0.1) is 0 Å². The van der Waals surface area contributed by atoms with Gasteiger partial charge in [0.15, 0.2) is 0 Å². The second-order valence-corrected chi connectivity index (χ2v) is 13.1. The quantitative estimate of drug-likeness (QED) is 0.159. The molecule has 1 atom stereocenters. The van der Waals surface area contributed by atoms with Crippen molar-refractivity contribution in [2.75, 3.05) is 12.8 Å². The Bertz CT molecular complexity index is 572. The summed E-state index contributed by atoms with van der Waals surface area (Å²) in [6.45, 7) is 2.72. The van der Waals surface area contributed by atoms with Crippen LogP contribution in [0.15, 0.2) is 35.5 Å². The van der Waals surface area contributed by atoms with Crippen LogP contribution in [0, 0.1) is 0 Å². The van der Waals surface area contributed by atoms with Crippen LogP contribution >= 0.6 is 22.0 Å². The van der Waals surface area contributed by atoms with Crippen molar-refractivity contribution in [3.8, 4) is 0 Å². The number of rotatable bonds is 9. The van der Waals surface area contributed by atoms with E-state index in [1.165, 1.54) is 22.0 Å². The molecule has 0 aliphatic rings. The van der Waals surface area contributed by atoms with Crippen LogP contribution in [0.3, 0.4) is 0 Å². The molecule has 1 unspecified atom stereocenters. The first-order chi connectivity index (χ1) is 11.4. The molecule has 132 valence electrons. The van der Waals surface area contributed by atoms with Gasteiger partial charge in [0.05, 0.1) is 0 Å². The van der Waals surface area contributed by atoms with Crippen molar-refractivity contribution in [3.63, 3.8) is 0 Å². The summed E-state index contributed by atoms with van der Waals surface area (Å²) in [6, 6.07) is 9.76. The van der Waals surface area contributed by atoms with Crippen molar-refractivity contribution in [2.45, 2.75) is 25.6 Å². The normalized spacial score (nSPS) is 12.9. The average molecular weight is 432 g/mol. The van der Waals surface area contributed by atoms with E-state index in [0.717, 1.165) is 5.56 Å². The Labute approximate surface area is 154 Å². The molecule has 1 rings (SSSR count). The summed E-state index contributed by atoms with van der Waals surface area (Å²) in [4.78, 5) is 27.9. The van der Waals surface area contributed by atoms with Crippen molar-refractivity contribution in [1.82, 2.24) is 4.31 Å². The molecule has 24 heavy (non-hydrogen) atoms.